The Kier molecular flexibility index (Phi) is 4.83. The molecule has 106 valence electrons. The van der Waals surface area contributed by atoms with E-state index in [4.69, 9.17) is 17.2 Å². The van der Waals surface area contributed by atoms with Gasteiger partial charge in [0, 0.05) is 17.6 Å². The van der Waals surface area contributed by atoms with Gasteiger partial charge in [0.2, 0.25) is 0 Å². The van der Waals surface area contributed by atoms with Crippen molar-refractivity contribution < 1.29 is 0 Å². The summed E-state index contributed by atoms with van der Waals surface area (Å²) in [4.78, 5) is 11.4. The molecule has 0 N–H and O–H groups in total. The van der Waals surface area contributed by atoms with E-state index in [1.165, 1.54) is 11.3 Å². The zero-order valence-electron chi connectivity index (χ0n) is 12.2. The van der Waals surface area contributed by atoms with Crippen molar-refractivity contribution in [1.29, 1.82) is 0 Å². The molecule has 1 aromatic carbocycles. The minimum Gasteiger partial charge on any atom is -0.343 e. The van der Waals surface area contributed by atoms with Gasteiger partial charge in [-0.15, -0.1) is 0 Å². The largest absolute Gasteiger partial charge is 0.343 e. The Labute approximate surface area is 129 Å². The first kappa shape index (κ1) is 15.1. The maximum Gasteiger partial charge on any atom is 0.190 e. The topological polar surface area (TPSA) is 29.0 Å². The van der Waals surface area contributed by atoms with Crippen LogP contribution in [0, 0.1) is 3.95 Å². The fraction of sp³-hybridized carbons (Fsp3) is 0.400. The molecule has 20 heavy (non-hydrogen) atoms. The number of rotatable bonds is 4. The van der Waals surface area contributed by atoms with E-state index in [2.05, 4.69) is 37.6 Å². The first-order valence-corrected chi connectivity index (χ1v) is 7.94. The van der Waals surface area contributed by atoms with Crippen molar-refractivity contribution in [3.63, 3.8) is 0 Å². The van der Waals surface area contributed by atoms with Crippen molar-refractivity contribution in [2.45, 2.75) is 39.8 Å². The fourth-order valence-corrected chi connectivity index (χ4v) is 3.45. The molecule has 0 radical (unpaired) electrons. The van der Waals surface area contributed by atoms with Gasteiger partial charge in [-0.05, 0) is 39.9 Å². The molecule has 2 aromatic rings. The van der Waals surface area contributed by atoms with Gasteiger partial charge in [-0.25, -0.2) is 9.97 Å². The standard InChI is InChI=1S/C15H19N3S2/c1-10(2)18(11(3)4)14-16-13(17-15(19)20-14)12-8-6-5-7-9-12/h5-11H,1-4H3. The average Bonchev–Trinajstić information content (AvgIpc) is 2.38. The van der Waals surface area contributed by atoms with Crippen LogP contribution < -0.4 is 4.90 Å². The highest BCUT2D eigenvalue weighted by Crippen LogP contribution is 2.26. The molecule has 1 aromatic heterocycles. The van der Waals surface area contributed by atoms with E-state index in [9.17, 15) is 0 Å². The van der Waals surface area contributed by atoms with E-state index >= 15 is 0 Å². The highest BCUT2D eigenvalue weighted by Gasteiger charge is 2.17. The van der Waals surface area contributed by atoms with Crippen LogP contribution in [0.4, 0.5) is 5.13 Å². The highest BCUT2D eigenvalue weighted by molar-refractivity contribution is 7.73. The zero-order valence-corrected chi connectivity index (χ0v) is 13.8. The lowest BCUT2D eigenvalue weighted by atomic mass is 10.2. The summed E-state index contributed by atoms with van der Waals surface area (Å²) in [6.45, 7) is 8.67. The number of nitrogens with zero attached hydrogens (tertiary/aromatic N) is 3. The van der Waals surface area contributed by atoms with Crippen molar-refractivity contribution in [3.8, 4) is 11.4 Å². The highest BCUT2D eigenvalue weighted by atomic mass is 32.1. The average molecular weight is 305 g/mol. The second-order valence-electron chi connectivity index (χ2n) is 5.16. The van der Waals surface area contributed by atoms with Crippen molar-refractivity contribution in [3.05, 3.63) is 34.3 Å². The lowest BCUT2D eigenvalue weighted by Gasteiger charge is -2.31. The van der Waals surface area contributed by atoms with E-state index in [-0.39, 0.29) is 0 Å². The van der Waals surface area contributed by atoms with Crippen LogP contribution in [0.25, 0.3) is 11.4 Å². The lowest BCUT2D eigenvalue weighted by Crippen LogP contribution is -2.37. The summed E-state index contributed by atoms with van der Waals surface area (Å²) in [5, 5.41) is 0.939. The molecule has 1 heterocycles. The molecular weight excluding hydrogens is 286 g/mol. The van der Waals surface area contributed by atoms with Crippen LogP contribution in [0.2, 0.25) is 0 Å². The summed E-state index contributed by atoms with van der Waals surface area (Å²) in [5.41, 5.74) is 1.00. The summed E-state index contributed by atoms with van der Waals surface area (Å²) in [7, 11) is 0. The molecule has 0 saturated carbocycles. The molecule has 0 atom stereocenters. The molecule has 0 aliphatic rings. The first-order chi connectivity index (χ1) is 9.49. The van der Waals surface area contributed by atoms with Crippen molar-refractivity contribution in [2.75, 3.05) is 4.90 Å². The third kappa shape index (κ3) is 3.41. The minimum atomic E-state index is 0.374. The molecule has 5 heteroatoms. The molecule has 0 amide bonds. The van der Waals surface area contributed by atoms with Gasteiger partial charge in [0.1, 0.15) is 0 Å². The van der Waals surface area contributed by atoms with E-state index in [0.717, 1.165) is 10.7 Å². The second-order valence-corrected chi connectivity index (χ2v) is 6.76. The lowest BCUT2D eigenvalue weighted by molar-refractivity contribution is 0.605. The second kappa shape index (κ2) is 6.41. The number of anilines is 1. The van der Waals surface area contributed by atoms with Gasteiger partial charge in [0.05, 0.1) is 0 Å². The Hall–Kier alpha value is -1.33. The van der Waals surface area contributed by atoms with E-state index < -0.39 is 0 Å². The van der Waals surface area contributed by atoms with Gasteiger partial charge >= 0.3 is 0 Å². The number of hydrogen-bond donors (Lipinski definition) is 0. The van der Waals surface area contributed by atoms with Crippen molar-refractivity contribution in [2.24, 2.45) is 0 Å². The Morgan fingerprint density at radius 2 is 1.60 bits per heavy atom. The van der Waals surface area contributed by atoms with Gasteiger partial charge in [0.25, 0.3) is 0 Å². The van der Waals surface area contributed by atoms with Gasteiger partial charge in [-0.1, -0.05) is 41.7 Å². The smallest absolute Gasteiger partial charge is 0.190 e. The molecular formula is C15H19N3S2. The monoisotopic (exact) mass is 305 g/mol. The predicted molar refractivity (Wildman–Crippen MR) is 88.9 cm³/mol. The van der Waals surface area contributed by atoms with Gasteiger partial charge in [-0.2, -0.15) is 0 Å². The van der Waals surface area contributed by atoms with Crippen LogP contribution in [-0.2, 0) is 0 Å². The van der Waals surface area contributed by atoms with Gasteiger partial charge in [-0.3, -0.25) is 0 Å². The minimum absolute atomic E-state index is 0.374. The molecule has 0 saturated heterocycles. The fourth-order valence-electron chi connectivity index (χ4n) is 2.19. The predicted octanol–water partition coefficient (Wildman–Crippen LogP) is 4.56. The van der Waals surface area contributed by atoms with Crippen LogP contribution in [-0.4, -0.2) is 22.1 Å². The van der Waals surface area contributed by atoms with Crippen molar-refractivity contribution in [1.82, 2.24) is 9.97 Å². The number of aromatic nitrogens is 2. The first-order valence-electron chi connectivity index (χ1n) is 6.72. The normalized spacial score (nSPS) is 11.1. The van der Waals surface area contributed by atoms with Crippen LogP contribution >= 0.6 is 23.6 Å². The van der Waals surface area contributed by atoms with Gasteiger partial charge < -0.3 is 4.90 Å². The Morgan fingerprint density at radius 1 is 1.00 bits per heavy atom. The van der Waals surface area contributed by atoms with Crippen LogP contribution in [0.1, 0.15) is 27.7 Å². The molecule has 0 aliphatic heterocycles. The number of benzene rings is 1. The molecule has 0 fully saturated rings. The Bertz CT molecular complexity index is 613. The summed E-state index contributed by atoms with van der Waals surface area (Å²) in [5.74, 6) is 0.704. The molecule has 0 unspecified atom stereocenters. The van der Waals surface area contributed by atoms with E-state index in [0.29, 0.717) is 21.9 Å². The quantitative estimate of drug-likeness (QED) is 0.774. The SMILES string of the molecule is CC(C)N(c1nc(-c2ccccc2)nc(=S)s1)C(C)C. The maximum absolute atomic E-state index is 5.32. The van der Waals surface area contributed by atoms with Crippen LogP contribution in [0.15, 0.2) is 30.3 Å². The molecule has 3 nitrogen and oxygen atoms in total. The maximum atomic E-state index is 5.32. The van der Waals surface area contributed by atoms with Crippen LogP contribution in [0.3, 0.4) is 0 Å². The third-order valence-electron chi connectivity index (χ3n) is 2.94. The summed E-state index contributed by atoms with van der Waals surface area (Å²) in [6, 6.07) is 10.7. The van der Waals surface area contributed by atoms with E-state index in [1.54, 1.807) is 0 Å². The Balaban J connectivity index is 2.51. The molecule has 0 aliphatic carbocycles. The number of hydrogen-bond acceptors (Lipinski definition) is 5. The van der Waals surface area contributed by atoms with Crippen LogP contribution in [0.5, 0.6) is 0 Å². The van der Waals surface area contributed by atoms with E-state index in [1.807, 2.05) is 30.3 Å². The molecule has 2 rings (SSSR count). The molecule has 0 bridgehead atoms. The Morgan fingerprint density at radius 3 is 2.15 bits per heavy atom. The molecule has 0 spiro atoms. The van der Waals surface area contributed by atoms with Gasteiger partial charge in [0.15, 0.2) is 14.9 Å². The zero-order chi connectivity index (χ0) is 14.7. The third-order valence-corrected chi connectivity index (χ3v) is 4.03. The summed E-state index contributed by atoms with van der Waals surface area (Å²) in [6.07, 6.45) is 0. The summed E-state index contributed by atoms with van der Waals surface area (Å²) < 4.78 is 0.625. The van der Waals surface area contributed by atoms with Crippen molar-refractivity contribution >= 4 is 28.7 Å². The summed E-state index contributed by atoms with van der Waals surface area (Å²) >= 11 is 6.79.